The fourth-order valence-electron chi connectivity index (χ4n) is 1.87. The molecule has 3 nitrogen and oxygen atoms in total. The van der Waals surface area contributed by atoms with Gasteiger partial charge < -0.3 is 4.74 Å². The van der Waals surface area contributed by atoms with E-state index in [2.05, 4.69) is 4.98 Å². The summed E-state index contributed by atoms with van der Waals surface area (Å²) in [6, 6.07) is 6.23. The predicted octanol–water partition coefficient (Wildman–Crippen LogP) is 4.36. The van der Waals surface area contributed by atoms with Crippen molar-refractivity contribution >= 4 is 17.1 Å². The Morgan fingerprint density at radius 1 is 1.33 bits per heavy atom. The van der Waals surface area contributed by atoms with Crippen molar-refractivity contribution in [3.63, 3.8) is 0 Å². The number of rotatable bonds is 4. The van der Waals surface area contributed by atoms with E-state index in [1.165, 1.54) is 24.3 Å². The Bertz CT molecular complexity index is 659. The Morgan fingerprint density at radius 2 is 2.00 bits per heavy atom. The smallest absolute Gasteiger partial charge is 0.171 e. The number of hydrogen-bond acceptors (Lipinski definition) is 4. The highest BCUT2D eigenvalue weighted by molar-refractivity contribution is 7.13. The van der Waals surface area contributed by atoms with E-state index < -0.39 is 5.82 Å². The highest BCUT2D eigenvalue weighted by Gasteiger charge is 2.25. The molecule has 0 saturated carbocycles. The summed E-state index contributed by atoms with van der Waals surface area (Å²) in [6.07, 6.45) is 0. The predicted molar refractivity (Wildman–Crippen MR) is 81.6 cm³/mol. The van der Waals surface area contributed by atoms with Gasteiger partial charge in [0.25, 0.3) is 0 Å². The molecular formula is C16H18FNO2S. The average Bonchev–Trinajstić information content (AvgIpc) is 2.82. The zero-order valence-electron chi connectivity index (χ0n) is 12.6. The maximum atomic E-state index is 13.5. The largest absolute Gasteiger partial charge is 0.483 e. The summed E-state index contributed by atoms with van der Waals surface area (Å²) >= 11 is 1.31. The van der Waals surface area contributed by atoms with Crippen LogP contribution in [-0.2, 0) is 12.0 Å². The molecule has 0 atom stereocenters. The number of halogens is 1. The molecule has 0 aliphatic carbocycles. The number of aromatic nitrogens is 1. The van der Waals surface area contributed by atoms with Gasteiger partial charge in [-0.1, -0.05) is 32.9 Å². The Hall–Kier alpha value is -1.75. The van der Waals surface area contributed by atoms with Crippen LogP contribution in [0.2, 0.25) is 0 Å². The van der Waals surface area contributed by atoms with Crippen LogP contribution < -0.4 is 4.74 Å². The van der Waals surface area contributed by atoms with E-state index in [4.69, 9.17) is 4.74 Å². The SMILES string of the molecule is CC(=O)c1sc(COc2ccccc2F)nc1C(C)(C)C. The summed E-state index contributed by atoms with van der Waals surface area (Å²) in [4.78, 5) is 16.9. The van der Waals surface area contributed by atoms with Crippen LogP contribution in [0.4, 0.5) is 4.39 Å². The number of thiazole rings is 1. The van der Waals surface area contributed by atoms with Gasteiger partial charge in [-0.15, -0.1) is 11.3 Å². The van der Waals surface area contributed by atoms with E-state index >= 15 is 0 Å². The lowest BCUT2D eigenvalue weighted by molar-refractivity contribution is 0.101. The van der Waals surface area contributed by atoms with E-state index in [9.17, 15) is 9.18 Å². The zero-order chi connectivity index (χ0) is 15.6. The minimum absolute atomic E-state index is 0.00503. The Labute approximate surface area is 127 Å². The number of ketones is 1. The van der Waals surface area contributed by atoms with Crippen molar-refractivity contribution in [3.8, 4) is 5.75 Å². The number of para-hydroxylation sites is 1. The van der Waals surface area contributed by atoms with Gasteiger partial charge in [-0.25, -0.2) is 9.37 Å². The third kappa shape index (κ3) is 3.67. The average molecular weight is 307 g/mol. The maximum Gasteiger partial charge on any atom is 0.171 e. The highest BCUT2D eigenvalue weighted by Crippen LogP contribution is 2.30. The lowest BCUT2D eigenvalue weighted by Gasteiger charge is -2.16. The van der Waals surface area contributed by atoms with Gasteiger partial charge >= 0.3 is 0 Å². The summed E-state index contributed by atoms with van der Waals surface area (Å²) in [5.74, 6) is -0.221. The summed E-state index contributed by atoms with van der Waals surface area (Å²) in [5, 5.41) is 0.674. The molecule has 2 rings (SSSR count). The van der Waals surface area contributed by atoms with Gasteiger partial charge in [0.15, 0.2) is 17.3 Å². The second kappa shape index (κ2) is 5.93. The van der Waals surface area contributed by atoms with Gasteiger partial charge in [0.2, 0.25) is 0 Å². The fraction of sp³-hybridized carbons (Fsp3) is 0.375. The van der Waals surface area contributed by atoms with Gasteiger partial charge in [-0.3, -0.25) is 4.79 Å². The van der Waals surface area contributed by atoms with E-state index in [0.717, 1.165) is 5.69 Å². The normalized spacial score (nSPS) is 11.5. The molecule has 112 valence electrons. The first-order valence-corrected chi connectivity index (χ1v) is 7.49. The third-order valence-corrected chi connectivity index (χ3v) is 4.02. The summed E-state index contributed by atoms with van der Waals surface area (Å²) in [7, 11) is 0. The van der Waals surface area contributed by atoms with Gasteiger partial charge in [-0.05, 0) is 12.1 Å². The number of benzene rings is 1. The molecule has 0 aliphatic rings. The number of Topliss-reactive ketones (excluding diaryl/α,β-unsaturated/α-hetero) is 1. The second-order valence-electron chi connectivity index (χ2n) is 5.81. The quantitative estimate of drug-likeness (QED) is 0.788. The maximum absolute atomic E-state index is 13.5. The molecule has 0 saturated heterocycles. The number of hydrogen-bond donors (Lipinski definition) is 0. The molecule has 1 aromatic heterocycles. The van der Waals surface area contributed by atoms with Crippen molar-refractivity contribution in [2.24, 2.45) is 0 Å². The van der Waals surface area contributed by atoms with Gasteiger partial charge in [0, 0.05) is 12.3 Å². The van der Waals surface area contributed by atoms with Crippen molar-refractivity contribution in [2.45, 2.75) is 39.7 Å². The zero-order valence-corrected chi connectivity index (χ0v) is 13.4. The van der Waals surface area contributed by atoms with Crippen molar-refractivity contribution in [3.05, 3.63) is 45.7 Å². The molecule has 2 aromatic rings. The van der Waals surface area contributed by atoms with Gasteiger partial charge in [-0.2, -0.15) is 0 Å². The number of carbonyl (C=O) groups is 1. The van der Waals surface area contributed by atoms with Crippen LogP contribution in [0.15, 0.2) is 24.3 Å². The number of carbonyl (C=O) groups excluding carboxylic acids is 1. The lowest BCUT2D eigenvalue weighted by atomic mass is 9.91. The van der Waals surface area contributed by atoms with Crippen LogP contribution in [-0.4, -0.2) is 10.8 Å². The molecule has 0 bridgehead atoms. The van der Waals surface area contributed by atoms with Crippen molar-refractivity contribution in [1.29, 1.82) is 0 Å². The summed E-state index contributed by atoms with van der Waals surface area (Å²) in [5.41, 5.74) is 0.556. The van der Waals surface area contributed by atoms with Gasteiger partial charge in [0.1, 0.15) is 11.6 Å². The number of ether oxygens (including phenoxy) is 1. The molecule has 21 heavy (non-hydrogen) atoms. The monoisotopic (exact) mass is 307 g/mol. The van der Waals surface area contributed by atoms with Crippen LogP contribution in [0, 0.1) is 5.82 Å². The molecule has 0 unspecified atom stereocenters. The molecule has 0 radical (unpaired) electrons. The van der Waals surface area contributed by atoms with Crippen LogP contribution in [0.3, 0.4) is 0 Å². The second-order valence-corrected chi connectivity index (χ2v) is 6.89. The third-order valence-electron chi connectivity index (χ3n) is 2.89. The Morgan fingerprint density at radius 3 is 2.52 bits per heavy atom. The van der Waals surface area contributed by atoms with Crippen LogP contribution in [0.5, 0.6) is 5.75 Å². The topological polar surface area (TPSA) is 39.2 Å². The minimum Gasteiger partial charge on any atom is -0.483 e. The molecule has 5 heteroatoms. The number of nitrogens with zero attached hydrogens (tertiary/aromatic N) is 1. The van der Waals surface area contributed by atoms with Gasteiger partial charge in [0.05, 0.1) is 10.6 Å². The van der Waals surface area contributed by atoms with Crippen LogP contribution in [0.25, 0.3) is 0 Å². The molecular weight excluding hydrogens is 289 g/mol. The molecule has 1 aromatic carbocycles. The van der Waals surface area contributed by atoms with Crippen LogP contribution >= 0.6 is 11.3 Å². The molecule has 0 fully saturated rings. The first-order chi connectivity index (χ1) is 9.79. The van der Waals surface area contributed by atoms with Crippen LogP contribution in [0.1, 0.15) is 48.1 Å². The molecule has 0 aliphatic heterocycles. The van der Waals surface area contributed by atoms with Crippen molar-refractivity contribution in [2.75, 3.05) is 0 Å². The summed E-state index contributed by atoms with van der Waals surface area (Å²) in [6.45, 7) is 7.72. The molecule has 1 heterocycles. The molecule has 0 spiro atoms. The Balaban J connectivity index is 2.22. The molecule has 0 amide bonds. The van der Waals surface area contributed by atoms with Crippen molar-refractivity contribution in [1.82, 2.24) is 4.98 Å². The fourth-order valence-corrected chi connectivity index (χ4v) is 2.96. The van der Waals surface area contributed by atoms with E-state index in [-0.39, 0.29) is 23.6 Å². The van der Waals surface area contributed by atoms with Crippen molar-refractivity contribution < 1.29 is 13.9 Å². The Kier molecular flexibility index (Phi) is 4.42. The van der Waals surface area contributed by atoms with E-state index in [1.807, 2.05) is 20.8 Å². The first-order valence-electron chi connectivity index (χ1n) is 6.67. The van der Waals surface area contributed by atoms with E-state index in [1.54, 1.807) is 18.2 Å². The van der Waals surface area contributed by atoms with E-state index in [0.29, 0.717) is 9.88 Å². The minimum atomic E-state index is -0.406. The standard InChI is InChI=1S/C16H18FNO2S/c1-10(19)14-15(16(2,3)4)18-13(21-14)9-20-12-8-6-5-7-11(12)17/h5-8H,9H2,1-4H3. The lowest BCUT2D eigenvalue weighted by Crippen LogP contribution is -2.15. The first kappa shape index (κ1) is 15.6. The molecule has 0 N–H and O–H groups in total. The highest BCUT2D eigenvalue weighted by atomic mass is 32.1. The summed E-state index contributed by atoms with van der Waals surface area (Å²) < 4.78 is 18.9.